The number of oxazole rings is 1. The van der Waals surface area contributed by atoms with Gasteiger partial charge in [-0.2, -0.15) is 0 Å². The molecule has 1 saturated heterocycles. The number of likely N-dealkylation sites (N-methyl/N-ethyl adjacent to an activating group) is 1. The third-order valence-corrected chi connectivity index (χ3v) is 3.44. The van der Waals surface area contributed by atoms with E-state index in [1.54, 1.807) is 25.2 Å². The van der Waals surface area contributed by atoms with E-state index in [1.165, 1.54) is 16.5 Å². The number of hydrogen-bond donors (Lipinski definition) is 1. The molecule has 0 spiro atoms. The standard InChI is InChI=1S/C13H13N3O5/c1-14-11(17)10-6-16(13(19)21-10)7-3-4-8-9(5-7)20-12(18)15(8)2/h3-5,10H,6H2,1-2H3,(H,14,17). The van der Waals surface area contributed by atoms with Gasteiger partial charge in [0.15, 0.2) is 11.7 Å². The maximum atomic E-state index is 11.8. The Balaban J connectivity index is 1.95. The summed E-state index contributed by atoms with van der Waals surface area (Å²) in [5.74, 6) is -0.840. The highest BCUT2D eigenvalue weighted by molar-refractivity contribution is 5.96. The van der Waals surface area contributed by atoms with E-state index in [1.807, 2.05) is 0 Å². The SMILES string of the molecule is CNC(=O)C1CN(c2ccc3c(c2)oc(=O)n3C)C(=O)O1. The summed E-state index contributed by atoms with van der Waals surface area (Å²) in [6, 6.07) is 4.92. The maximum Gasteiger partial charge on any atom is 0.419 e. The molecular formula is C13H13N3O5. The zero-order valence-corrected chi connectivity index (χ0v) is 11.5. The van der Waals surface area contributed by atoms with Crippen LogP contribution in [0.2, 0.25) is 0 Å². The number of carbonyl (C=O) groups excluding carboxylic acids is 2. The first kappa shape index (κ1) is 13.2. The van der Waals surface area contributed by atoms with Crippen molar-refractivity contribution in [3.63, 3.8) is 0 Å². The van der Waals surface area contributed by atoms with E-state index >= 15 is 0 Å². The smallest absolute Gasteiger partial charge is 0.419 e. The molecule has 1 unspecified atom stereocenters. The molecule has 21 heavy (non-hydrogen) atoms. The number of hydrogen-bond acceptors (Lipinski definition) is 5. The molecule has 1 fully saturated rings. The third-order valence-electron chi connectivity index (χ3n) is 3.44. The fraction of sp³-hybridized carbons (Fsp3) is 0.308. The van der Waals surface area contributed by atoms with Crippen LogP contribution >= 0.6 is 0 Å². The molecule has 3 rings (SSSR count). The zero-order chi connectivity index (χ0) is 15.1. The normalized spacial score (nSPS) is 18.1. The lowest BCUT2D eigenvalue weighted by Gasteiger charge is -2.12. The number of nitrogens with zero attached hydrogens (tertiary/aromatic N) is 2. The van der Waals surface area contributed by atoms with Crippen molar-refractivity contribution in [3.8, 4) is 0 Å². The number of amides is 2. The van der Waals surface area contributed by atoms with Crippen LogP contribution in [0.4, 0.5) is 10.5 Å². The van der Waals surface area contributed by atoms with Gasteiger partial charge >= 0.3 is 11.8 Å². The van der Waals surface area contributed by atoms with E-state index in [-0.39, 0.29) is 12.5 Å². The molecule has 1 aliphatic rings. The summed E-state index contributed by atoms with van der Waals surface area (Å²) < 4.78 is 11.4. The lowest BCUT2D eigenvalue weighted by Crippen LogP contribution is -2.35. The van der Waals surface area contributed by atoms with Crippen LogP contribution in [0.5, 0.6) is 0 Å². The highest BCUT2D eigenvalue weighted by atomic mass is 16.6. The molecule has 110 valence electrons. The third kappa shape index (κ3) is 2.04. The van der Waals surface area contributed by atoms with Crippen molar-refractivity contribution in [2.75, 3.05) is 18.5 Å². The number of rotatable bonds is 2. The number of aromatic nitrogens is 1. The molecule has 2 amide bonds. The number of fused-ring (bicyclic) bond motifs is 1. The van der Waals surface area contributed by atoms with Crippen molar-refractivity contribution in [3.05, 3.63) is 28.7 Å². The summed E-state index contributed by atoms with van der Waals surface area (Å²) in [6.07, 6.45) is -1.46. The summed E-state index contributed by atoms with van der Waals surface area (Å²) in [5, 5.41) is 2.43. The van der Waals surface area contributed by atoms with Gasteiger partial charge in [-0.25, -0.2) is 9.59 Å². The van der Waals surface area contributed by atoms with Crippen molar-refractivity contribution in [1.29, 1.82) is 0 Å². The second kappa shape index (κ2) is 4.65. The first-order chi connectivity index (χ1) is 10.0. The Bertz CT molecular complexity index is 791. The van der Waals surface area contributed by atoms with E-state index in [4.69, 9.17) is 9.15 Å². The molecule has 1 aromatic carbocycles. The predicted octanol–water partition coefficient (Wildman–Crippen LogP) is 0.203. The highest BCUT2D eigenvalue weighted by Gasteiger charge is 2.36. The Hall–Kier alpha value is -2.77. The van der Waals surface area contributed by atoms with Crippen LogP contribution < -0.4 is 16.0 Å². The number of carbonyl (C=O) groups is 2. The Morgan fingerprint density at radius 2 is 2.14 bits per heavy atom. The number of ether oxygens (including phenoxy) is 1. The van der Waals surface area contributed by atoms with Crippen molar-refractivity contribution in [2.24, 2.45) is 7.05 Å². The predicted molar refractivity (Wildman–Crippen MR) is 73.1 cm³/mol. The van der Waals surface area contributed by atoms with Gasteiger partial charge in [-0.05, 0) is 12.1 Å². The molecule has 0 bridgehead atoms. The lowest BCUT2D eigenvalue weighted by atomic mass is 10.2. The quantitative estimate of drug-likeness (QED) is 0.853. The van der Waals surface area contributed by atoms with E-state index < -0.39 is 18.0 Å². The minimum absolute atomic E-state index is 0.112. The molecule has 1 atom stereocenters. The molecule has 1 N–H and O–H groups in total. The number of cyclic esters (lactones) is 1. The van der Waals surface area contributed by atoms with Gasteiger partial charge < -0.3 is 14.5 Å². The van der Waals surface area contributed by atoms with Crippen LogP contribution in [-0.2, 0) is 16.6 Å². The van der Waals surface area contributed by atoms with Crippen LogP contribution in [-0.4, -0.2) is 36.3 Å². The van der Waals surface area contributed by atoms with Gasteiger partial charge in [-0.3, -0.25) is 14.3 Å². The fourth-order valence-corrected chi connectivity index (χ4v) is 2.26. The van der Waals surface area contributed by atoms with E-state index in [0.717, 1.165) is 0 Å². The average molecular weight is 291 g/mol. The Morgan fingerprint density at radius 3 is 2.86 bits per heavy atom. The minimum atomic E-state index is -0.846. The van der Waals surface area contributed by atoms with E-state index in [9.17, 15) is 14.4 Å². The first-order valence-corrected chi connectivity index (χ1v) is 6.30. The second-order valence-electron chi connectivity index (χ2n) is 4.68. The first-order valence-electron chi connectivity index (χ1n) is 6.30. The Kier molecular flexibility index (Phi) is 2.93. The molecule has 2 heterocycles. The van der Waals surface area contributed by atoms with Crippen LogP contribution in [0, 0.1) is 0 Å². The molecule has 0 saturated carbocycles. The van der Waals surface area contributed by atoms with Crippen LogP contribution in [0.15, 0.2) is 27.4 Å². The summed E-state index contributed by atoms with van der Waals surface area (Å²) in [4.78, 5) is 36.1. The molecule has 0 radical (unpaired) electrons. The van der Waals surface area contributed by atoms with Gasteiger partial charge in [0.05, 0.1) is 17.7 Å². The summed E-state index contributed by atoms with van der Waals surface area (Å²) in [6.45, 7) is 0.112. The average Bonchev–Trinajstić information content (AvgIpc) is 2.99. The van der Waals surface area contributed by atoms with E-state index in [0.29, 0.717) is 16.8 Å². The molecule has 8 heteroatoms. The molecule has 2 aromatic rings. The minimum Gasteiger partial charge on any atom is -0.434 e. The zero-order valence-electron chi connectivity index (χ0n) is 11.5. The highest BCUT2D eigenvalue weighted by Crippen LogP contribution is 2.25. The topological polar surface area (TPSA) is 93.8 Å². The van der Waals surface area contributed by atoms with Crippen molar-refractivity contribution in [2.45, 2.75) is 6.10 Å². The van der Waals surface area contributed by atoms with Crippen LogP contribution in [0.25, 0.3) is 11.1 Å². The largest absolute Gasteiger partial charge is 0.434 e. The number of aryl methyl sites for hydroxylation is 1. The summed E-state index contributed by atoms with van der Waals surface area (Å²) >= 11 is 0. The summed E-state index contributed by atoms with van der Waals surface area (Å²) in [7, 11) is 3.07. The monoisotopic (exact) mass is 291 g/mol. The summed E-state index contributed by atoms with van der Waals surface area (Å²) in [5.41, 5.74) is 1.50. The fourth-order valence-electron chi connectivity index (χ4n) is 2.26. The van der Waals surface area contributed by atoms with Crippen LogP contribution in [0.1, 0.15) is 0 Å². The molecule has 0 aliphatic carbocycles. The van der Waals surface area contributed by atoms with Gasteiger partial charge in [0.1, 0.15) is 0 Å². The van der Waals surface area contributed by atoms with Crippen LogP contribution in [0.3, 0.4) is 0 Å². The Morgan fingerprint density at radius 1 is 1.38 bits per heavy atom. The maximum absolute atomic E-state index is 11.8. The van der Waals surface area contributed by atoms with Gasteiger partial charge in [0, 0.05) is 20.2 Å². The van der Waals surface area contributed by atoms with Crippen molar-refractivity contribution < 1.29 is 18.7 Å². The second-order valence-corrected chi connectivity index (χ2v) is 4.68. The number of benzene rings is 1. The molecular weight excluding hydrogens is 278 g/mol. The van der Waals surface area contributed by atoms with Gasteiger partial charge in [0.25, 0.3) is 5.91 Å². The number of nitrogens with one attached hydrogen (secondary N) is 1. The van der Waals surface area contributed by atoms with Gasteiger partial charge in [0.2, 0.25) is 0 Å². The lowest BCUT2D eigenvalue weighted by molar-refractivity contribution is -0.127. The molecule has 1 aliphatic heterocycles. The number of anilines is 1. The van der Waals surface area contributed by atoms with Crippen molar-refractivity contribution in [1.82, 2.24) is 9.88 Å². The van der Waals surface area contributed by atoms with Gasteiger partial charge in [-0.15, -0.1) is 0 Å². The molecule has 1 aromatic heterocycles. The van der Waals surface area contributed by atoms with Gasteiger partial charge in [-0.1, -0.05) is 0 Å². The van der Waals surface area contributed by atoms with Crippen molar-refractivity contribution >= 4 is 28.8 Å². The molecule has 8 nitrogen and oxygen atoms in total. The Labute approximate surface area is 118 Å². The van der Waals surface area contributed by atoms with E-state index in [2.05, 4.69) is 5.32 Å².